The van der Waals surface area contributed by atoms with Crippen LogP contribution < -0.4 is 10.2 Å². The third-order valence-electron chi connectivity index (χ3n) is 4.72. The van der Waals surface area contributed by atoms with E-state index in [-0.39, 0.29) is 5.91 Å². The van der Waals surface area contributed by atoms with Crippen LogP contribution in [0.15, 0.2) is 6.07 Å². The standard InChI is InChI=1S/C21H35N3O2/c1-6-8-17-19(20(25)22-10-7-9-21(3,4)5)16(2)15-18(23-17)24-11-13-26-14-12-24/h15H,6-14H2,1-5H3,(H,22,25). The van der Waals surface area contributed by atoms with Crippen molar-refractivity contribution in [2.75, 3.05) is 37.7 Å². The van der Waals surface area contributed by atoms with Gasteiger partial charge >= 0.3 is 0 Å². The van der Waals surface area contributed by atoms with Crippen LogP contribution in [0.5, 0.6) is 0 Å². The van der Waals surface area contributed by atoms with E-state index in [9.17, 15) is 4.79 Å². The monoisotopic (exact) mass is 361 g/mol. The van der Waals surface area contributed by atoms with Crippen molar-refractivity contribution in [1.82, 2.24) is 10.3 Å². The molecule has 0 bridgehead atoms. The summed E-state index contributed by atoms with van der Waals surface area (Å²) in [5, 5.41) is 3.10. The first kappa shape index (κ1) is 20.7. The maximum Gasteiger partial charge on any atom is 0.253 e. The summed E-state index contributed by atoms with van der Waals surface area (Å²) in [4.78, 5) is 19.9. The van der Waals surface area contributed by atoms with E-state index in [0.29, 0.717) is 12.0 Å². The van der Waals surface area contributed by atoms with E-state index in [1.807, 2.05) is 6.92 Å². The number of rotatable bonds is 7. The van der Waals surface area contributed by atoms with Gasteiger partial charge in [0.15, 0.2) is 0 Å². The number of anilines is 1. The number of carbonyl (C=O) groups excluding carboxylic acids is 1. The molecule has 0 aliphatic carbocycles. The summed E-state index contributed by atoms with van der Waals surface area (Å²) >= 11 is 0. The third kappa shape index (κ3) is 5.97. The molecule has 1 aromatic rings. The van der Waals surface area contributed by atoms with Gasteiger partial charge in [0, 0.05) is 19.6 Å². The van der Waals surface area contributed by atoms with E-state index in [4.69, 9.17) is 9.72 Å². The Morgan fingerprint density at radius 2 is 2.00 bits per heavy atom. The maximum absolute atomic E-state index is 12.8. The Kier molecular flexibility index (Phi) is 7.44. The number of hydrogen-bond acceptors (Lipinski definition) is 4. The minimum Gasteiger partial charge on any atom is -0.378 e. The average Bonchev–Trinajstić information content (AvgIpc) is 2.58. The number of aryl methyl sites for hydroxylation is 2. The number of hydrogen-bond donors (Lipinski definition) is 1. The van der Waals surface area contributed by atoms with Crippen LogP contribution in [0.25, 0.3) is 0 Å². The number of pyridine rings is 1. The zero-order valence-electron chi connectivity index (χ0n) is 17.2. The summed E-state index contributed by atoms with van der Waals surface area (Å²) in [6, 6.07) is 2.05. The minimum atomic E-state index is 0.0147. The third-order valence-corrected chi connectivity index (χ3v) is 4.72. The number of nitrogens with one attached hydrogen (secondary N) is 1. The zero-order valence-corrected chi connectivity index (χ0v) is 17.2. The summed E-state index contributed by atoms with van der Waals surface area (Å²) in [7, 11) is 0. The highest BCUT2D eigenvalue weighted by molar-refractivity contribution is 5.97. The van der Waals surface area contributed by atoms with Crippen molar-refractivity contribution >= 4 is 11.7 Å². The minimum absolute atomic E-state index is 0.0147. The van der Waals surface area contributed by atoms with Crippen LogP contribution >= 0.6 is 0 Å². The molecule has 1 N–H and O–H groups in total. The molecule has 0 saturated carbocycles. The molecule has 5 nitrogen and oxygen atoms in total. The molecular weight excluding hydrogens is 326 g/mol. The first-order valence-corrected chi connectivity index (χ1v) is 9.93. The SMILES string of the molecule is CCCc1nc(N2CCOCC2)cc(C)c1C(=O)NCCCC(C)(C)C. The fourth-order valence-electron chi connectivity index (χ4n) is 3.31. The fraction of sp³-hybridized carbons (Fsp3) is 0.714. The molecule has 0 spiro atoms. The first-order valence-electron chi connectivity index (χ1n) is 9.93. The molecular formula is C21H35N3O2. The molecule has 1 fully saturated rings. The Morgan fingerprint density at radius 3 is 2.62 bits per heavy atom. The predicted octanol–water partition coefficient (Wildman–Crippen LogP) is 3.74. The molecule has 5 heteroatoms. The first-order chi connectivity index (χ1) is 12.3. The molecule has 0 unspecified atom stereocenters. The lowest BCUT2D eigenvalue weighted by atomic mass is 9.90. The molecule has 1 amide bonds. The Morgan fingerprint density at radius 1 is 1.31 bits per heavy atom. The number of amides is 1. The average molecular weight is 362 g/mol. The van der Waals surface area contributed by atoms with E-state index in [2.05, 4.69) is 44.0 Å². The van der Waals surface area contributed by atoms with E-state index >= 15 is 0 Å². The number of ether oxygens (including phenoxy) is 1. The van der Waals surface area contributed by atoms with Gasteiger partial charge in [0.1, 0.15) is 5.82 Å². The summed E-state index contributed by atoms with van der Waals surface area (Å²) in [6.45, 7) is 14.7. The predicted molar refractivity (Wildman–Crippen MR) is 107 cm³/mol. The van der Waals surface area contributed by atoms with Crippen LogP contribution in [0, 0.1) is 12.3 Å². The number of morpholine rings is 1. The second-order valence-corrected chi connectivity index (χ2v) is 8.39. The Balaban J connectivity index is 2.11. The Labute approximate surface area is 158 Å². The van der Waals surface area contributed by atoms with Crippen LogP contribution in [0.4, 0.5) is 5.82 Å². The normalized spacial score (nSPS) is 15.2. The lowest BCUT2D eigenvalue weighted by molar-refractivity contribution is 0.0949. The van der Waals surface area contributed by atoms with E-state index in [1.165, 1.54) is 0 Å². The van der Waals surface area contributed by atoms with Gasteiger partial charge in [-0.2, -0.15) is 0 Å². The second-order valence-electron chi connectivity index (χ2n) is 8.39. The molecule has 26 heavy (non-hydrogen) atoms. The Bertz CT molecular complexity index is 602. The van der Waals surface area contributed by atoms with E-state index < -0.39 is 0 Å². The summed E-state index contributed by atoms with van der Waals surface area (Å²) < 4.78 is 5.44. The van der Waals surface area contributed by atoms with Gasteiger partial charge in [0.05, 0.1) is 24.5 Å². The van der Waals surface area contributed by atoms with Gasteiger partial charge < -0.3 is 15.0 Å². The van der Waals surface area contributed by atoms with Gasteiger partial charge in [0.2, 0.25) is 0 Å². The quantitative estimate of drug-likeness (QED) is 0.752. The molecule has 1 aliphatic heterocycles. The van der Waals surface area contributed by atoms with Crippen LogP contribution in [-0.2, 0) is 11.2 Å². The molecule has 0 atom stereocenters. The lowest BCUT2D eigenvalue weighted by Crippen LogP contribution is -2.37. The Hall–Kier alpha value is -1.62. The van der Waals surface area contributed by atoms with E-state index in [1.54, 1.807) is 0 Å². The number of aromatic nitrogens is 1. The maximum atomic E-state index is 12.8. The van der Waals surface area contributed by atoms with Crippen molar-refractivity contribution in [1.29, 1.82) is 0 Å². The van der Waals surface area contributed by atoms with Crippen LogP contribution in [0.2, 0.25) is 0 Å². The van der Waals surface area contributed by atoms with Gasteiger partial charge in [-0.1, -0.05) is 34.1 Å². The molecule has 0 aromatic carbocycles. The highest BCUT2D eigenvalue weighted by Gasteiger charge is 2.20. The van der Waals surface area contributed by atoms with Crippen LogP contribution in [0.3, 0.4) is 0 Å². The molecule has 0 radical (unpaired) electrons. The summed E-state index contributed by atoms with van der Waals surface area (Å²) in [6.07, 6.45) is 3.89. The lowest BCUT2D eigenvalue weighted by Gasteiger charge is -2.29. The molecule has 1 aromatic heterocycles. The largest absolute Gasteiger partial charge is 0.378 e. The highest BCUT2D eigenvalue weighted by atomic mass is 16.5. The number of nitrogens with zero attached hydrogens (tertiary/aromatic N) is 2. The van der Waals surface area contributed by atoms with Crippen LogP contribution in [0.1, 0.15) is 68.6 Å². The molecule has 146 valence electrons. The molecule has 2 heterocycles. The van der Waals surface area contributed by atoms with Gasteiger partial charge in [-0.05, 0) is 43.2 Å². The van der Waals surface area contributed by atoms with Crippen molar-refractivity contribution in [3.8, 4) is 0 Å². The zero-order chi connectivity index (χ0) is 19.2. The molecule has 1 saturated heterocycles. The van der Waals surface area contributed by atoms with Crippen molar-refractivity contribution in [3.05, 3.63) is 22.9 Å². The van der Waals surface area contributed by atoms with Gasteiger partial charge in [-0.25, -0.2) is 4.98 Å². The van der Waals surface area contributed by atoms with Gasteiger partial charge in [-0.3, -0.25) is 4.79 Å². The van der Waals surface area contributed by atoms with Gasteiger partial charge in [-0.15, -0.1) is 0 Å². The smallest absolute Gasteiger partial charge is 0.253 e. The second kappa shape index (κ2) is 9.36. The summed E-state index contributed by atoms with van der Waals surface area (Å²) in [5.41, 5.74) is 3.00. The van der Waals surface area contributed by atoms with E-state index in [0.717, 1.165) is 74.6 Å². The van der Waals surface area contributed by atoms with Crippen molar-refractivity contribution in [2.24, 2.45) is 5.41 Å². The van der Waals surface area contributed by atoms with Crippen molar-refractivity contribution in [2.45, 2.75) is 60.3 Å². The topological polar surface area (TPSA) is 54.5 Å². The van der Waals surface area contributed by atoms with Crippen LogP contribution in [-0.4, -0.2) is 43.7 Å². The molecule has 2 rings (SSSR count). The number of carbonyl (C=O) groups is 1. The van der Waals surface area contributed by atoms with Crippen molar-refractivity contribution in [3.63, 3.8) is 0 Å². The fourth-order valence-corrected chi connectivity index (χ4v) is 3.31. The highest BCUT2D eigenvalue weighted by Crippen LogP contribution is 2.23. The molecule has 1 aliphatic rings. The van der Waals surface area contributed by atoms with Crippen molar-refractivity contribution < 1.29 is 9.53 Å². The van der Waals surface area contributed by atoms with Gasteiger partial charge in [0.25, 0.3) is 5.91 Å². The summed E-state index contributed by atoms with van der Waals surface area (Å²) in [5.74, 6) is 0.986.